The number of furan rings is 1. The Hall–Kier alpha value is -5.08. The first-order chi connectivity index (χ1) is 19.3. The van der Waals surface area contributed by atoms with E-state index in [4.69, 9.17) is 9.15 Å². The molecule has 0 atom stereocenters. The topological polar surface area (TPSA) is 22.4 Å². The van der Waals surface area contributed by atoms with Gasteiger partial charge in [0.05, 0.1) is 5.41 Å². The van der Waals surface area contributed by atoms with Gasteiger partial charge in [0, 0.05) is 21.9 Å². The molecule has 2 aliphatic rings. The van der Waals surface area contributed by atoms with Gasteiger partial charge in [-0.15, -0.1) is 0 Å². The molecule has 2 heteroatoms. The molecule has 0 bridgehead atoms. The molecule has 6 aromatic carbocycles. The summed E-state index contributed by atoms with van der Waals surface area (Å²) in [5.74, 6) is 1.80. The Labute approximate surface area is 225 Å². The third-order valence-corrected chi connectivity index (χ3v) is 8.56. The van der Waals surface area contributed by atoms with E-state index in [2.05, 4.69) is 121 Å². The highest BCUT2D eigenvalue weighted by Gasteiger charge is 2.50. The molecule has 0 unspecified atom stereocenters. The second-order valence-electron chi connectivity index (χ2n) is 10.5. The molecule has 1 aliphatic heterocycles. The fourth-order valence-corrected chi connectivity index (χ4v) is 6.95. The standard InChI is InChI=1S/C37H22O2/c1-4-12-29-25(9-1)26-10-2-5-13-30(26)37(29)31-14-6-8-16-34(31)39-36-22-24(18-20-32(36)37)23-17-19-28-27-11-3-7-15-33(27)38-35(28)21-23/h1-22H. The van der Waals surface area contributed by atoms with Gasteiger partial charge in [-0.2, -0.15) is 0 Å². The number of rotatable bonds is 1. The highest BCUT2D eigenvalue weighted by molar-refractivity contribution is 6.06. The summed E-state index contributed by atoms with van der Waals surface area (Å²) >= 11 is 0. The van der Waals surface area contributed by atoms with Crippen LogP contribution in [0.25, 0.3) is 44.2 Å². The summed E-state index contributed by atoms with van der Waals surface area (Å²) in [5.41, 5.74) is 11.1. The van der Waals surface area contributed by atoms with E-state index in [9.17, 15) is 0 Å². The lowest BCUT2D eigenvalue weighted by molar-refractivity contribution is 0.436. The van der Waals surface area contributed by atoms with Crippen LogP contribution in [0.1, 0.15) is 22.3 Å². The molecule has 0 fully saturated rings. The van der Waals surface area contributed by atoms with Crippen LogP contribution >= 0.6 is 0 Å². The average molecular weight is 499 g/mol. The molecular weight excluding hydrogens is 476 g/mol. The van der Waals surface area contributed by atoms with E-state index >= 15 is 0 Å². The maximum Gasteiger partial charge on any atom is 0.136 e. The summed E-state index contributed by atoms with van der Waals surface area (Å²) in [6.45, 7) is 0. The second kappa shape index (κ2) is 7.49. The lowest BCUT2D eigenvalue weighted by Crippen LogP contribution is -2.32. The molecule has 2 nitrogen and oxygen atoms in total. The number of hydrogen-bond acceptors (Lipinski definition) is 2. The molecule has 7 aromatic rings. The van der Waals surface area contributed by atoms with Crippen molar-refractivity contribution in [3.8, 4) is 33.8 Å². The van der Waals surface area contributed by atoms with Gasteiger partial charge in [0.15, 0.2) is 0 Å². The summed E-state index contributed by atoms with van der Waals surface area (Å²) < 4.78 is 12.9. The predicted octanol–water partition coefficient (Wildman–Crippen LogP) is 9.72. The van der Waals surface area contributed by atoms with Gasteiger partial charge in [-0.1, -0.05) is 103 Å². The normalized spacial score (nSPS) is 14.1. The molecule has 0 saturated carbocycles. The van der Waals surface area contributed by atoms with Crippen molar-refractivity contribution in [3.05, 3.63) is 156 Å². The molecule has 1 aromatic heterocycles. The number of benzene rings is 6. The fourth-order valence-electron chi connectivity index (χ4n) is 6.95. The minimum atomic E-state index is -0.432. The molecule has 0 radical (unpaired) electrons. The highest BCUT2D eigenvalue weighted by Crippen LogP contribution is 2.62. The van der Waals surface area contributed by atoms with Gasteiger partial charge >= 0.3 is 0 Å². The summed E-state index contributed by atoms with van der Waals surface area (Å²) in [6.07, 6.45) is 0. The third kappa shape index (κ3) is 2.65. The van der Waals surface area contributed by atoms with Crippen molar-refractivity contribution in [1.82, 2.24) is 0 Å². The molecule has 0 amide bonds. The van der Waals surface area contributed by atoms with Crippen LogP contribution in [0.4, 0.5) is 0 Å². The number of fused-ring (bicyclic) bond motifs is 12. The lowest BCUT2D eigenvalue weighted by Gasteiger charge is -2.39. The van der Waals surface area contributed by atoms with E-state index in [-0.39, 0.29) is 0 Å². The van der Waals surface area contributed by atoms with Crippen molar-refractivity contribution in [2.24, 2.45) is 0 Å². The van der Waals surface area contributed by atoms with Crippen LogP contribution in [0, 0.1) is 0 Å². The minimum Gasteiger partial charge on any atom is -0.457 e. The Balaban J connectivity index is 1.30. The van der Waals surface area contributed by atoms with E-state index in [0.29, 0.717) is 0 Å². The predicted molar refractivity (Wildman–Crippen MR) is 157 cm³/mol. The molecular formula is C37H22O2. The van der Waals surface area contributed by atoms with Gasteiger partial charge in [0.2, 0.25) is 0 Å². The van der Waals surface area contributed by atoms with Crippen LogP contribution in [0.2, 0.25) is 0 Å². The summed E-state index contributed by atoms with van der Waals surface area (Å²) in [4.78, 5) is 0. The number of para-hydroxylation sites is 2. The Kier molecular flexibility index (Phi) is 4.02. The van der Waals surface area contributed by atoms with E-state index in [0.717, 1.165) is 44.6 Å². The minimum absolute atomic E-state index is 0.432. The monoisotopic (exact) mass is 498 g/mol. The van der Waals surface area contributed by atoms with Gasteiger partial charge < -0.3 is 9.15 Å². The van der Waals surface area contributed by atoms with Gasteiger partial charge in [0.25, 0.3) is 0 Å². The van der Waals surface area contributed by atoms with E-state index in [1.807, 2.05) is 12.1 Å². The third-order valence-electron chi connectivity index (χ3n) is 8.56. The number of hydrogen-bond donors (Lipinski definition) is 0. The Morgan fingerprint density at radius 2 is 1.00 bits per heavy atom. The molecule has 9 rings (SSSR count). The quantitative estimate of drug-likeness (QED) is 0.225. The second-order valence-corrected chi connectivity index (χ2v) is 10.5. The molecule has 0 saturated heterocycles. The van der Waals surface area contributed by atoms with Gasteiger partial charge in [-0.05, 0) is 63.7 Å². The van der Waals surface area contributed by atoms with Crippen LogP contribution in [-0.2, 0) is 5.41 Å². The van der Waals surface area contributed by atoms with Crippen LogP contribution in [0.5, 0.6) is 11.5 Å². The van der Waals surface area contributed by atoms with Crippen LogP contribution in [0.3, 0.4) is 0 Å². The average Bonchev–Trinajstić information content (AvgIpc) is 3.51. The molecule has 0 N–H and O–H groups in total. The summed E-state index contributed by atoms with van der Waals surface area (Å²) in [5, 5.41) is 2.28. The maximum atomic E-state index is 6.67. The van der Waals surface area contributed by atoms with Crippen molar-refractivity contribution >= 4 is 21.9 Å². The largest absolute Gasteiger partial charge is 0.457 e. The first kappa shape index (κ1) is 20.9. The SMILES string of the molecule is c1ccc2c(c1)Oc1cc(-c3ccc4c(c3)oc3ccccc34)ccc1C21c2ccccc2-c2ccccc21. The highest BCUT2D eigenvalue weighted by atomic mass is 16.5. The van der Waals surface area contributed by atoms with E-state index < -0.39 is 5.41 Å². The first-order valence-corrected chi connectivity index (χ1v) is 13.4. The molecule has 2 heterocycles. The summed E-state index contributed by atoms with van der Waals surface area (Å²) in [7, 11) is 0. The van der Waals surface area contributed by atoms with Crippen molar-refractivity contribution in [2.45, 2.75) is 5.41 Å². The first-order valence-electron chi connectivity index (χ1n) is 13.4. The van der Waals surface area contributed by atoms with Crippen molar-refractivity contribution < 1.29 is 9.15 Å². The zero-order chi connectivity index (χ0) is 25.6. The van der Waals surface area contributed by atoms with Gasteiger partial charge in [-0.25, -0.2) is 0 Å². The van der Waals surface area contributed by atoms with E-state index in [1.54, 1.807) is 0 Å². The van der Waals surface area contributed by atoms with Gasteiger partial charge in [0.1, 0.15) is 22.7 Å². The molecule has 39 heavy (non-hydrogen) atoms. The van der Waals surface area contributed by atoms with Gasteiger partial charge in [-0.3, -0.25) is 0 Å². The lowest BCUT2D eigenvalue weighted by atomic mass is 9.66. The Morgan fingerprint density at radius 1 is 0.410 bits per heavy atom. The van der Waals surface area contributed by atoms with Crippen molar-refractivity contribution in [2.75, 3.05) is 0 Å². The van der Waals surface area contributed by atoms with Crippen molar-refractivity contribution in [1.29, 1.82) is 0 Å². The molecule has 1 spiro atoms. The summed E-state index contributed by atoms with van der Waals surface area (Å²) in [6, 6.07) is 47.5. The van der Waals surface area contributed by atoms with E-state index in [1.165, 1.54) is 33.4 Å². The Bertz CT molecular complexity index is 2070. The fraction of sp³-hybridized carbons (Fsp3) is 0.0270. The van der Waals surface area contributed by atoms with Crippen molar-refractivity contribution in [3.63, 3.8) is 0 Å². The molecule has 1 aliphatic carbocycles. The number of ether oxygens (including phenoxy) is 1. The van der Waals surface area contributed by atoms with Crippen LogP contribution < -0.4 is 4.74 Å². The Morgan fingerprint density at radius 3 is 1.82 bits per heavy atom. The van der Waals surface area contributed by atoms with Crippen LogP contribution in [-0.4, -0.2) is 0 Å². The zero-order valence-electron chi connectivity index (χ0n) is 21.0. The zero-order valence-corrected chi connectivity index (χ0v) is 21.0. The maximum absolute atomic E-state index is 6.67. The smallest absolute Gasteiger partial charge is 0.136 e. The molecule has 182 valence electrons. The van der Waals surface area contributed by atoms with Crippen LogP contribution in [0.15, 0.2) is 138 Å².